The molecule has 0 aliphatic heterocycles. The molecule has 0 radical (unpaired) electrons. The number of benzene rings is 1. The van der Waals surface area contributed by atoms with Crippen molar-refractivity contribution >= 4 is 5.69 Å². The number of nitrogens with zero attached hydrogens (tertiary/aromatic N) is 2. The lowest BCUT2D eigenvalue weighted by Crippen LogP contribution is -1.97. The lowest BCUT2D eigenvalue weighted by molar-refractivity contribution is 0.416. The third-order valence-corrected chi connectivity index (χ3v) is 3.07. The highest BCUT2D eigenvalue weighted by Gasteiger charge is 2.11. The zero-order valence-electron chi connectivity index (χ0n) is 11.8. The van der Waals surface area contributed by atoms with Crippen LogP contribution in [0.3, 0.4) is 0 Å². The molecule has 1 aromatic heterocycles. The van der Waals surface area contributed by atoms with Crippen LogP contribution >= 0.6 is 0 Å². The molecule has 1 heterocycles. The second kappa shape index (κ2) is 5.69. The van der Waals surface area contributed by atoms with E-state index in [1.165, 1.54) is 5.56 Å². The Hall–Kier alpha value is -2.10. The second-order valence-electron chi connectivity index (χ2n) is 4.66. The van der Waals surface area contributed by atoms with Gasteiger partial charge < -0.3 is 10.1 Å². The Balaban J connectivity index is 2.48. The molecule has 19 heavy (non-hydrogen) atoms. The summed E-state index contributed by atoms with van der Waals surface area (Å²) in [7, 11) is 3.51. The maximum absolute atomic E-state index is 5.40. The van der Waals surface area contributed by atoms with Crippen molar-refractivity contribution in [3.8, 4) is 17.1 Å². The first-order valence-corrected chi connectivity index (χ1v) is 6.33. The van der Waals surface area contributed by atoms with Crippen molar-refractivity contribution in [2.45, 2.75) is 19.8 Å². The monoisotopic (exact) mass is 257 g/mol. The average molecular weight is 257 g/mol. The molecule has 0 spiro atoms. The Kier molecular flexibility index (Phi) is 4.00. The van der Waals surface area contributed by atoms with Gasteiger partial charge in [0, 0.05) is 7.05 Å². The van der Waals surface area contributed by atoms with Crippen LogP contribution < -0.4 is 10.1 Å². The minimum atomic E-state index is 0.459. The van der Waals surface area contributed by atoms with Crippen molar-refractivity contribution in [1.82, 2.24) is 9.97 Å². The van der Waals surface area contributed by atoms with Crippen molar-refractivity contribution in [3.63, 3.8) is 0 Å². The molecule has 2 rings (SSSR count). The Bertz CT molecular complexity index is 550. The fraction of sp³-hybridized carbons (Fsp3) is 0.333. The van der Waals surface area contributed by atoms with Crippen LogP contribution in [0, 0.1) is 0 Å². The summed E-state index contributed by atoms with van der Waals surface area (Å²) < 4.78 is 5.40. The Morgan fingerprint density at radius 2 is 1.84 bits per heavy atom. The van der Waals surface area contributed by atoms with Gasteiger partial charge in [-0.1, -0.05) is 19.9 Å². The van der Waals surface area contributed by atoms with Crippen LogP contribution in [0.5, 0.6) is 5.75 Å². The normalized spacial score (nSPS) is 10.6. The number of hydrogen-bond acceptors (Lipinski definition) is 4. The predicted molar refractivity (Wildman–Crippen MR) is 77.7 cm³/mol. The number of hydrogen-bond donors (Lipinski definition) is 1. The molecule has 0 atom stereocenters. The number of anilines is 1. The Morgan fingerprint density at radius 3 is 2.37 bits per heavy atom. The topological polar surface area (TPSA) is 47.0 Å². The van der Waals surface area contributed by atoms with Gasteiger partial charge in [-0.15, -0.1) is 0 Å². The third-order valence-electron chi connectivity index (χ3n) is 3.07. The molecular weight excluding hydrogens is 238 g/mol. The largest absolute Gasteiger partial charge is 0.496 e. The molecule has 2 aromatic rings. The molecule has 0 amide bonds. The van der Waals surface area contributed by atoms with Gasteiger partial charge in [0.1, 0.15) is 5.75 Å². The standard InChI is InChI=1S/C15H19N3O/c1-10(2)11-5-6-14(19-4)13(7-11)15-17-8-12(16-3)9-18-15/h5-10,16H,1-4H3. The molecule has 4 heteroatoms. The van der Waals surface area contributed by atoms with Crippen molar-refractivity contribution in [2.24, 2.45) is 0 Å². The molecule has 0 aliphatic rings. The quantitative estimate of drug-likeness (QED) is 0.912. The third kappa shape index (κ3) is 2.84. The fourth-order valence-electron chi connectivity index (χ4n) is 1.86. The summed E-state index contributed by atoms with van der Waals surface area (Å²) in [4.78, 5) is 8.75. The zero-order valence-corrected chi connectivity index (χ0v) is 11.8. The lowest BCUT2D eigenvalue weighted by Gasteiger charge is -2.12. The van der Waals surface area contributed by atoms with Crippen LogP contribution in [-0.4, -0.2) is 24.1 Å². The first kappa shape index (κ1) is 13.3. The number of nitrogens with one attached hydrogen (secondary N) is 1. The van der Waals surface area contributed by atoms with Crippen LogP contribution in [0.15, 0.2) is 30.6 Å². The van der Waals surface area contributed by atoms with Crippen LogP contribution in [0.4, 0.5) is 5.69 Å². The van der Waals surface area contributed by atoms with Gasteiger partial charge in [0.05, 0.1) is 30.8 Å². The van der Waals surface area contributed by atoms with E-state index < -0.39 is 0 Å². The van der Waals surface area contributed by atoms with E-state index in [4.69, 9.17) is 4.74 Å². The first-order valence-electron chi connectivity index (χ1n) is 6.33. The number of ether oxygens (including phenoxy) is 1. The Morgan fingerprint density at radius 1 is 1.16 bits per heavy atom. The maximum Gasteiger partial charge on any atom is 0.163 e. The SMILES string of the molecule is CNc1cnc(-c2cc(C(C)C)ccc2OC)nc1. The highest BCUT2D eigenvalue weighted by Crippen LogP contribution is 2.30. The molecule has 0 bridgehead atoms. The molecule has 0 aliphatic carbocycles. The average Bonchev–Trinajstić information content (AvgIpc) is 2.46. The summed E-state index contributed by atoms with van der Waals surface area (Å²) in [6.07, 6.45) is 3.54. The van der Waals surface area contributed by atoms with Crippen LogP contribution in [0.2, 0.25) is 0 Å². The highest BCUT2D eigenvalue weighted by atomic mass is 16.5. The zero-order chi connectivity index (χ0) is 13.8. The number of rotatable bonds is 4. The summed E-state index contributed by atoms with van der Waals surface area (Å²) in [5.74, 6) is 1.93. The van der Waals surface area contributed by atoms with Crippen molar-refractivity contribution < 1.29 is 4.74 Å². The van der Waals surface area contributed by atoms with E-state index in [2.05, 4.69) is 41.3 Å². The lowest BCUT2D eigenvalue weighted by atomic mass is 10.00. The second-order valence-corrected chi connectivity index (χ2v) is 4.66. The molecule has 0 saturated carbocycles. The van der Waals surface area contributed by atoms with E-state index in [0.717, 1.165) is 17.0 Å². The highest BCUT2D eigenvalue weighted by molar-refractivity contribution is 5.66. The maximum atomic E-state index is 5.40. The fourth-order valence-corrected chi connectivity index (χ4v) is 1.86. The molecule has 0 fully saturated rings. The molecular formula is C15H19N3O. The van der Waals surface area contributed by atoms with Gasteiger partial charge in [-0.2, -0.15) is 0 Å². The summed E-state index contributed by atoms with van der Waals surface area (Å²) in [6.45, 7) is 4.33. The first-order chi connectivity index (χ1) is 9.15. The molecule has 1 N–H and O–H groups in total. The number of aromatic nitrogens is 2. The van der Waals surface area contributed by atoms with Crippen molar-refractivity contribution in [3.05, 3.63) is 36.2 Å². The summed E-state index contributed by atoms with van der Waals surface area (Å²) in [5, 5.41) is 3.01. The van der Waals surface area contributed by atoms with Gasteiger partial charge in [-0.25, -0.2) is 9.97 Å². The molecule has 4 nitrogen and oxygen atoms in total. The van der Waals surface area contributed by atoms with E-state index in [1.54, 1.807) is 19.5 Å². The van der Waals surface area contributed by atoms with Crippen LogP contribution in [0.25, 0.3) is 11.4 Å². The van der Waals surface area contributed by atoms with E-state index in [1.807, 2.05) is 13.1 Å². The van der Waals surface area contributed by atoms with Gasteiger partial charge in [0.25, 0.3) is 0 Å². The molecule has 0 saturated heterocycles. The van der Waals surface area contributed by atoms with Crippen LogP contribution in [0.1, 0.15) is 25.3 Å². The molecule has 1 aromatic carbocycles. The van der Waals surface area contributed by atoms with E-state index in [-0.39, 0.29) is 0 Å². The van der Waals surface area contributed by atoms with Gasteiger partial charge in [0.15, 0.2) is 5.82 Å². The smallest absolute Gasteiger partial charge is 0.163 e. The van der Waals surface area contributed by atoms with Crippen LogP contribution in [-0.2, 0) is 0 Å². The minimum Gasteiger partial charge on any atom is -0.496 e. The summed E-state index contributed by atoms with van der Waals surface area (Å²) in [6, 6.07) is 6.15. The van der Waals surface area contributed by atoms with E-state index in [9.17, 15) is 0 Å². The molecule has 0 unspecified atom stereocenters. The Labute approximate surface area is 113 Å². The summed E-state index contributed by atoms with van der Waals surface area (Å²) >= 11 is 0. The van der Waals surface area contributed by atoms with Gasteiger partial charge in [0.2, 0.25) is 0 Å². The minimum absolute atomic E-state index is 0.459. The predicted octanol–water partition coefficient (Wildman–Crippen LogP) is 3.32. The van der Waals surface area contributed by atoms with E-state index >= 15 is 0 Å². The van der Waals surface area contributed by atoms with Gasteiger partial charge in [-0.3, -0.25) is 0 Å². The number of methoxy groups -OCH3 is 1. The summed E-state index contributed by atoms with van der Waals surface area (Å²) in [5.41, 5.74) is 3.07. The van der Waals surface area contributed by atoms with Crippen molar-refractivity contribution in [2.75, 3.05) is 19.5 Å². The van der Waals surface area contributed by atoms with Crippen molar-refractivity contribution in [1.29, 1.82) is 0 Å². The molecule has 100 valence electrons. The van der Waals surface area contributed by atoms with E-state index in [0.29, 0.717) is 11.7 Å². The van der Waals surface area contributed by atoms with Gasteiger partial charge >= 0.3 is 0 Å². The van der Waals surface area contributed by atoms with Gasteiger partial charge in [-0.05, 0) is 23.6 Å².